The van der Waals surface area contributed by atoms with Gasteiger partial charge in [-0.3, -0.25) is 0 Å². The summed E-state index contributed by atoms with van der Waals surface area (Å²) in [5.41, 5.74) is 0.831. The molecule has 0 aliphatic carbocycles. The highest BCUT2D eigenvalue weighted by Gasteiger charge is 2.30. The highest BCUT2D eigenvalue weighted by molar-refractivity contribution is 7.98. The molecule has 0 aliphatic heterocycles. The van der Waals surface area contributed by atoms with E-state index in [4.69, 9.17) is 16.3 Å². The highest BCUT2D eigenvalue weighted by atomic mass is 35.5. The number of ether oxygens (including phenoxy) is 1. The maximum atomic E-state index is 12.9. The van der Waals surface area contributed by atoms with Gasteiger partial charge in [0.2, 0.25) is 0 Å². The Labute approximate surface area is 182 Å². The van der Waals surface area contributed by atoms with Gasteiger partial charge in [-0.25, -0.2) is 0 Å². The van der Waals surface area contributed by atoms with Crippen LogP contribution in [0.25, 0.3) is 0 Å². The minimum Gasteiger partial charge on any atom is -0.483 e. The summed E-state index contributed by atoms with van der Waals surface area (Å²) in [6.45, 7) is 6.35. The molecule has 2 aromatic carbocycles. The number of hydrogen-bond donors (Lipinski definition) is 0. The highest BCUT2D eigenvalue weighted by Crippen LogP contribution is 2.32. The standard InChI is InChI=1S/C21H21ClF3N3OS/c1-4-28-19(14(3)29-17-8-9-18(22)13(2)10-17)26-27-20(28)30-12-15-6-5-7-16(11-15)21(23,24)25/h5-11,14H,4,12H2,1-3H3. The van der Waals surface area contributed by atoms with Crippen molar-refractivity contribution in [2.24, 2.45) is 0 Å². The zero-order valence-corrected chi connectivity index (χ0v) is 18.3. The van der Waals surface area contributed by atoms with Gasteiger partial charge in [0.25, 0.3) is 0 Å². The van der Waals surface area contributed by atoms with Crippen LogP contribution in [0.15, 0.2) is 47.6 Å². The van der Waals surface area contributed by atoms with Gasteiger partial charge in [0.05, 0.1) is 5.56 Å². The van der Waals surface area contributed by atoms with Crippen LogP contribution in [0.2, 0.25) is 5.02 Å². The molecule has 1 heterocycles. The van der Waals surface area contributed by atoms with Crippen LogP contribution >= 0.6 is 23.4 Å². The number of hydrogen-bond acceptors (Lipinski definition) is 4. The minimum absolute atomic E-state index is 0.355. The maximum absolute atomic E-state index is 12.9. The molecule has 0 aliphatic rings. The van der Waals surface area contributed by atoms with Crippen molar-refractivity contribution >= 4 is 23.4 Å². The summed E-state index contributed by atoms with van der Waals surface area (Å²) in [6, 6.07) is 10.7. The van der Waals surface area contributed by atoms with Gasteiger partial charge in [-0.1, -0.05) is 41.6 Å². The molecule has 1 aromatic heterocycles. The summed E-state index contributed by atoms with van der Waals surface area (Å²) in [4.78, 5) is 0. The molecule has 0 fully saturated rings. The minimum atomic E-state index is -4.36. The SMILES string of the molecule is CCn1c(SCc2cccc(C(F)(F)F)c2)nnc1C(C)Oc1ccc(Cl)c(C)c1. The molecule has 1 unspecified atom stereocenters. The number of aryl methyl sites for hydroxylation is 1. The van der Waals surface area contributed by atoms with Crippen LogP contribution in [0.5, 0.6) is 5.75 Å². The number of rotatable bonds is 7. The fourth-order valence-electron chi connectivity index (χ4n) is 2.94. The summed E-state index contributed by atoms with van der Waals surface area (Å²) in [6.07, 6.45) is -4.72. The molecular weight excluding hydrogens is 435 g/mol. The van der Waals surface area contributed by atoms with Crippen molar-refractivity contribution in [3.05, 3.63) is 70.0 Å². The molecule has 0 N–H and O–H groups in total. The third-order valence-corrected chi connectivity index (χ3v) is 5.95. The van der Waals surface area contributed by atoms with Crippen LogP contribution in [0, 0.1) is 6.92 Å². The van der Waals surface area contributed by atoms with Crippen LogP contribution in [0.1, 0.15) is 42.5 Å². The Bertz CT molecular complexity index is 1020. The summed E-state index contributed by atoms with van der Waals surface area (Å²) in [5, 5.41) is 9.77. The molecule has 1 atom stereocenters. The first-order valence-corrected chi connectivity index (χ1v) is 10.7. The second kappa shape index (κ2) is 9.31. The lowest BCUT2D eigenvalue weighted by molar-refractivity contribution is -0.137. The normalized spacial score (nSPS) is 12.8. The number of alkyl halides is 3. The van der Waals surface area contributed by atoms with Crippen LogP contribution in [0.4, 0.5) is 13.2 Å². The predicted molar refractivity (Wildman–Crippen MR) is 112 cm³/mol. The largest absolute Gasteiger partial charge is 0.483 e. The average molecular weight is 456 g/mol. The number of aromatic nitrogens is 3. The Hall–Kier alpha value is -2.19. The molecule has 9 heteroatoms. The summed E-state index contributed by atoms with van der Waals surface area (Å²) >= 11 is 7.40. The smallest absolute Gasteiger partial charge is 0.416 e. The van der Waals surface area contributed by atoms with Crippen molar-refractivity contribution in [3.8, 4) is 5.75 Å². The van der Waals surface area contributed by atoms with E-state index >= 15 is 0 Å². The summed E-state index contributed by atoms with van der Waals surface area (Å²) in [7, 11) is 0. The third kappa shape index (κ3) is 5.29. The lowest BCUT2D eigenvalue weighted by atomic mass is 10.1. The lowest BCUT2D eigenvalue weighted by Crippen LogP contribution is -2.12. The van der Waals surface area contributed by atoms with E-state index in [-0.39, 0.29) is 6.10 Å². The zero-order chi connectivity index (χ0) is 21.9. The molecular formula is C21H21ClF3N3OS. The Morgan fingerprint density at radius 2 is 1.93 bits per heavy atom. The number of benzene rings is 2. The molecule has 160 valence electrons. The average Bonchev–Trinajstić information content (AvgIpc) is 3.12. The van der Waals surface area contributed by atoms with Crippen molar-refractivity contribution in [2.75, 3.05) is 0 Å². The van der Waals surface area contributed by atoms with E-state index in [2.05, 4.69) is 10.2 Å². The van der Waals surface area contributed by atoms with Gasteiger partial charge in [0.1, 0.15) is 5.75 Å². The van der Waals surface area contributed by atoms with Crippen molar-refractivity contribution in [2.45, 2.75) is 50.5 Å². The van der Waals surface area contributed by atoms with Crippen molar-refractivity contribution < 1.29 is 17.9 Å². The van der Waals surface area contributed by atoms with Crippen LogP contribution in [-0.4, -0.2) is 14.8 Å². The second-order valence-corrected chi connectivity index (χ2v) is 8.09. The Kier molecular flexibility index (Phi) is 6.98. The van der Waals surface area contributed by atoms with Gasteiger partial charge < -0.3 is 9.30 Å². The quantitative estimate of drug-likeness (QED) is 0.371. The van der Waals surface area contributed by atoms with E-state index in [0.717, 1.165) is 17.7 Å². The molecule has 0 saturated heterocycles. The van der Waals surface area contributed by atoms with Crippen LogP contribution in [-0.2, 0) is 18.5 Å². The molecule has 0 spiro atoms. The molecule has 3 rings (SSSR count). The third-order valence-electron chi connectivity index (χ3n) is 4.49. The molecule has 3 aromatic rings. The van der Waals surface area contributed by atoms with Crippen LogP contribution < -0.4 is 4.74 Å². The van der Waals surface area contributed by atoms with Gasteiger partial charge >= 0.3 is 6.18 Å². The topological polar surface area (TPSA) is 39.9 Å². The fraction of sp³-hybridized carbons (Fsp3) is 0.333. The molecule has 30 heavy (non-hydrogen) atoms. The van der Waals surface area contributed by atoms with E-state index in [1.807, 2.05) is 31.4 Å². The Balaban J connectivity index is 1.73. The molecule has 0 amide bonds. The first-order valence-electron chi connectivity index (χ1n) is 9.34. The van der Waals surface area contributed by atoms with Crippen molar-refractivity contribution in [1.29, 1.82) is 0 Å². The molecule has 0 radical (unpaired) electrons. The fourth-order valence-corrected chi connectivity index (χ4v) is 4.01. The maximum Gasteiger partial charge on any atom is 0.416 e. The van der Waals surface area contributed by atoms with Gasteiger partial charge in [0.15, 0.2) is 17.1 Å². The zero-order valence-electron chi connectivity index (χ0n) is 16.7. The number of halogens is 4. The molecule has 0 bridgehead atoms. The predicted octanol–water partition coefficient (Wildman–Crippen LogP) is 6.71. The molecule has 0 saturated carbocycles. The molecule has 4 nitrogen and oxygen atoms in total. The van der Waals surface area contributed by atoms with Gasteiger partial charge in [-0.15, -0.1) is 10.2 Å². The van der Waals surface area contributed by atoms with Crippen LogP contribution in [0.3, 0.4) is 0 Å². The van der Waals surface area contributed by atoms with E-state index < -0.39 is 11.7 Å². The Morgan fingerprint density at radius 3 is 2.60 bits per heavy atom. The first-order chi connectivity index (χ1) is 14.2. The van der Waals surface area contributed by atoms with E-state index in [0.29, 0.717) is 39.6 Å². The van der Waals surface area contributed by atoms with Gasteiger partial charge in [-0.05, 0) is 56.2 Å². The van der Waals surface area contributed by atoms with Crippen molar-refractivity contribution in [3.63, 3.8) is 0 Å². The van der Waals surface area contributed by atoms with E-state index in [1.165, 1.54) is 17.8 Å². The number of nitrogens with zero attached hydrogens (tertiary/aromatic N) is 3. The Morgan fingerprint density at radius 1 is 1.17 bits per heavy atom. The lowest BCUT2D eigenvalue weighted by Gasteiger charge is -2.16. The van der Waals surface area contributed by atoms with E-state index in [9.17, 15) is 13.2 Å². The summed E-state index contributed by atoms with van der Waals surface area (Å²) in [5.74, 6) is 1.68. The number of thioether (sulfide) groups is 1. The van der Waals surface area contributed by atoms with Crippen molar-refractivity contribution in [1.82, 2.24) is 14.8 Å². The second-order valence-electron chi connectivity index (χ2n) is 6.74. The first kappa shape index (κ1) is 22.5. The van der Waals surface area contributed by atoms with Gasteiger partial charge in [-0.2, -0.15) is 13.2 Å². The summed E-state index contributed by atoms with van der Waals surface area (Å²) < 4.78 is 46.6. The van der Waals surface area contributed by atoms with E-state index in [1.54, 1.807) is 18.2 Å². The monoisotopic (exact) mass is 455 g/mol. The van der Waals surface area contributed by atoms with Gasteiger partial charge in [0, 0.05) is 17.3 Å².